The predicted octanol–water partition coefficient (Wildman–Crippen LogP) is 0.547. The van der Waals surface area contributed by atoms with Crippen LogP contribution >= 0.6 is 0 Å². The Bertz CT molecular complexity index is 609. The van der Waals surface area contributed by atoms with E-state index < -0.39 is 11.9 Å². The SMILES string of the molecule is COC(=O)c1ccc(C)c(NC(=O)c2nn[nH]n2)c1. The molecule has 2 aromatic rings. The number of H-pyrrole nitrogens is 1. The summed E-state index contributed by atoms with van der Waals surface area (Å²) in [5.74, 6) is -1.07. The predicted molar refractivity (Wildman–Crippen MR) is 64.6 cm³/mol. The van der Waals surface area contributed by atoms with Crippen molar-refractivity contribution < 1.29 is 14.3 Å². The summed E-state index contributed by atoms with van der Waals surface area (Å²) in [6.45, 7) is 1.80. The van der Waals surface area contributed by atoms with Crippen molar-refractivity contribution in [1.29, 1.82) is 0 Å². The highest BCUT2D eigenvalue weighted by molar-refractivity contribution is 6.02. The highest BCUT2D eigenvalue weighted by Gasteiger charge is 2.14. The monoisotopic (exact) mass is 261 g/mol. The summed E-state index contributed by atoms with van der Waals surface area (Å²) >= 11 is 0. The van der Waals surface area contributed by atoms with Crippen molar-refractivity contribution in [3.8, 4) is 0 Å². The fourth-order valence-electron chi connectivity index (χ4n) is 1.44. The maximum atomic E-state index is 11.8. The number of esters is 1. The van der Waals surface area contributed by atoms with Gasteiger partial charge in [-0.25, -0.2) is 4.79 Å². The first kappa shape index (κ1) is 12.7. The molecule has 1 aromatic carbocycles. The summed E-state index contributed by atoms with van der Waals surface area (Å²) in [5.41, 5.74) is 1.62. The molecule has 0 radical (unpaired) electrons. The van der Waals surface area contributed by atoms with Crippen LogP contribution in [0, 0.1) is 6.92 Å². The van der Waals surface area contributed by atoms with Gasteiger partial charge >= 0.3 is 5.97 Å². The zero-order chi connectivity index (χ0) is 13.8. The van der Waals surface area contributed by atoms with Crippen molar-refractivity contribution >= 4 is 17.6 Å². The molecule has 0 aliphatic heterocycles. The van der Waals surface area contributed by atoms with Crippen molar-refractivity contribution in [2.45, 2.75) is 6.92 Å². The van der Waals surface area contributed by atoms with Gasteiger partial charge in [0.2, 0.25) is 0 Å². The number of aryl methyl sites for hydroxylation is 1. The van der Waals surface area contributed by atoms with E-state index in [1.807, 2.05) is 0 Å². The maximum absolute atomic E-state index is 11.8. The van der Waals surface area contributed by atoms with Gasteiger partial charge in [-0.1, -0.05) is 6.07 Å². The van der Waals surface area contributed by atoms with Crippen LogP contribution < -0.4 is 5.32 Å². The first-order valence-corrected chi connectivity index (χ1v) is 5.35. The Morgan fingerprint density at radius 3 is 2.79 bits per heavy atom. The smallest absolute Gasteiger partial charge is 0.337 e. The fourth-order valence-corrected chi connectivity index (χ4v) is 1.44. The van der Waals surface area contributed by atoms with Crippen LogP contribution in [0.2, 0.25) is 0 Å². The quantitative estimate of drug-likeness (QED) is 0.780. The molecule has 0 bridgehead atoms. The van der Waals surface area contributed by atoms with Gasteiger partial charge in [0.1, 0.15) is 0 Å². The molecule has 1 aromatic heterocycles. The van der Waals surface area contributed by atoms with Gasteiger partial charge in [-0.3, -0.25) is 4.79 Å². The average molecular weight is 261 g/mol. The molecule has 1 amide bonds. The van der Waals surface area contributed by atoms with Crippen LogP contribution in [-0.2, 0) is 4.74 Å². The van der Waals surface area contributed by atoms with E-state index in [9.17, 15) is 9.59 Å². The van der Waals surface area contributed by atoms with E-state index in [1.54, 1.807) is 19.1 Å². The van der Waals surface area contributed by atoms with Gasteiger partial charge in [0.25, 0.3) is 11.7 Å². The number of aromatic nitrogens is 4. The van der Waals surface area contributed by atoms with E-state index in [0.717, 1.165) is 5.56 Å². The lowest BCUT2D eigenvalue weighted by Crippen LogP contribution is -2.15. The summed E-state index contributed by atoms with van der Waals surface area (Å²) in [6.07, 6.45) is 0. The Labute approximate surface area is 108 Å². The summed E-state index contributed by atoms with van der Waals surface area (Å²) in [5, 5.41) is 15.2. The lowest BCUT2D eigenvalue weighted by Gasteiger charge is -2.08. The molecule has 0 spiro atoms. The number of hydrogen-bond acceptors (Lipinski definition) is 6. The van der Waals surface area contributed by atoms with Gasteiger partial charge in [-0.05, 0) is 29.8 Å². The Kier molecular flexibility index (Phi) is 3.51. The second-order valence-electron chi connectivity index (χ2n) is 3.71. The number of nitrogens with one attached hydrogen (secondary N) is 2. The number of nitrogens with zero attached hydrogens (tertiary/aromatic N) is 3. The van der Waals surface area contributed by atoms with E-state index in [-0.39, 0.29) is 5.82 Å². The Morgan fingerprint density at radius 2 is 2.16 bits per heavy atom. The average Bonchev–Trinajstić information content (AvgIpc) is 2.94. The van der Waals surface area contributed by atoms with E-state index in [4.69, 9.17) is 0 Å². The number of anilines is 1. The van der Waals surface area contributed by atoms with Gasteiger partial charge in [0, 0.05) is 5.69 Å². The van der Waals surface area contributed by atoms with Crippen molar-refractivity contribution in [1.82, 2.24) is 20.6 Å². The van der Waals surface area contributed by atoms with Crippen LogP contribution in [0.5, 0.6) is 0 Å². The minimum Gasteiger partial charge on any atom is -0.465 e. The summed E-state index contributed by atoms with van der Waals surface area (Å²) in [7, 11) is 1.29. The molecule has 0 fully saturated rings. The van der Waals surface area contributed by atoms with Crippen LogP contribution in [0.3, 0.4) is 0 Å². The molecule has 0 unspecified atom stereocenters. The van der Waals surface area contributed by atoms with Crippen molar-refractivity contribution in [2.24, 2.45) is 0 Å². The fraction of sp³-hybridized carbons (Fsp3) is 0.182. The number of carbonyl (C=O) groups is 2. The van der Waals surface area contributed by atoms with Crippen LogP contribution in [-0.4, -0.2) is 39.6 Å². The number of amides is 1. The van der Waals surface area contributed by atoms with Gasteiger partial charge in [0.05, 0.1) is 12.7 Å². The number of carbonyl (C=O) groups excluding carboxylic acids is 2. The number of benzene rings is 1. The second kappa shape index (κ2) is 5.25. The van der Waals surface area contributed by atoms with Crippen molar-refractivity contribution in [3.05, 3.63) is 35.2 Å². The van der Waals surface area contributed by atoms with Crippen LogP contribution in [0.25, 0.3) is 0 Å². The van der Waals surface area contributed by atoms with Crippen LogP contribution in [0.4, 0.5) is 5.69 Å². The van der Waals surface area contributed by atoms with Crippen molar-refractivity contribution in [2.75, 3.05) is 12.4 Å². The number of methoxy groups -OCH3 is 1. The molecule has 2 N–H and O–H groups in total. The molecule has 0 saturated carbocycles. The zero-order valence-electron chi connectivity index (χ0n) is 10.3. The lowest BCUT2D eigenvalue weighted by atomic mass is 10.1. The second-order valence-corrected chi connectivity index (χ2v) is 3.71. The topological polar surface area (TPSA) is 110 Å². The number of rotatable bonds is 3. The van der Waals surface area contributed by atoms with E-state index in [0.29, 0.717) is 11.3 Å². The molecule has 8 nitrogen and oxygen atoms in total. The van der Waals surface area contributed by atoms with E-state index >= 15 is 0 Å². The Hall–Kier alpha value is -2.77. The maximum Gasteiger partial charge on any atom is 0.337 e. The number of tetrazole rings is 1. The summed E-state index contributed by atoms with van der Waals surface area (Å²) < 4.78 is 4.62. The first-order valence-electron chi connectivity index (χ1n) is 5.35. The van der Waals surface area contributed by atoms with Gasteiger partial charge in [-0.2, -0.15) is 5.21 Å². The number of hydrogen-bond donors (Lipinski definition) is 2. The molecule has 0 saturated heterocycles. The van der Waals surface area contributed by atoms with Crippen molar-refractivity contribution in [3.63, 3.8) is 0 Å². The largest absolute Gasteiger partial charge is 0.465 e. The molecule has 2 rings (SSSR count). The zero-order valence-corrected chi connectivity index (χ0v) is 10.3. The number of aromatic amines is 1. The molecule has 0 aliphatic rings. The van der Waals surface area contributed by atoms with Gasteiger partial charge < -0.3 is 10.1 Å². The first-order chi connectivity index (χ1) is 9.11. The standard InChI is InChI=1S/C11H11N5O3/c1-6-3-4-7(11(18)19-2)5-8(6)12-10(17)9-13-15-16-14-9/h3-5H,1-2H3,(H,12,17)(H,13,14,15,16). The van der Waals surface area contributed by atoms with E-state index in [1.165, 1.54) is 13.2 Å². The summed E-state index contributed by atoms with van der Waals surface area (Å²) in [6, 6.07) is 4.85. The lowest BCUT2D eigenvalue weighted by molar-refractivity contribution is 0.0600. The summed E-state index contributed by atoms with van der Waals surface area (Å²) in [4.78, 5) is 23.2. The molecule has 19 heavy (non-hydrogen) atoms. The van der Waals surface area contributed by atoms with Crippen LogP contribution in [0.1, 0.15) is 26.5 Å². The molecule has 1 heterocycles. The molecular formula is C11H11N5O3. The molecule has 8 heteroatoms. The molecule has 0 atom stereocenters. The highest BCUT2D eigenvalue weighted by Crippen LogP contribution is 2.18. The third kappa shape index (κ3) is 2.73. The molecule has 0 aliphatic carbocycles. The van der Waals surface area contributed by atoms with Gasteiger partial charge in [0.15, 0.2) is 0 Å². The normalized spacial score (nSPS) is 10.0. The van der Waals surface area contributed by atoms with Gasteiger partial charge in [-0.15, -0.1) is 10.2 Å². The Morgan fingerprint density at radius 1 is 1.37 bits per heavy atom. The minimum absolute atomic E-state index is 0.0807. The van der Waals surface area contributed by atoms with E-state index in [2.05, 4.69) is 30.7 Å². The molecule has 98 valence electrons. The third-order valence-corrected chi connectivity index (χ3v) is 2.46. The minimum atomic E-state index is -0.515. The van der Waals surface area contributed by atoms with Crippen LogP contribution in [0.15, 0.2) is 18.2 Å². The molecular weight excluding hydrogens is 250 g/mol. The third-order valence-electron chi connectivity index (χ3n) is 2.46. The number of ether oxygens (including phenoxy) is 1. The Balaban J connectivity index is 2.24. The highest BCUT2D eigenvalue weighted by atomic mass is 16.5.